The Kier molecular flexibility index (Phi) is 7.66. The van der Waals surface area contributed by atoms with Crippen molar-refractivity contribution in [3.8, 4) is 28.3 Å². The van der Waals surface area contributed by atoms with Crippen LogP contribution in [0.3, 0.4) is 0 Å². The third kappa shape index (κ3) is 5.33. The van der Waals surface area contributed by atoms with E-state index in [1.54, 1.807) is 20.4 Å². The van der Waals surface area contributed by atoms with Crippen LogP contribution in [0.5, 0.6) is 5.88 Å². The minimum absolute atomic E-state index is 0.0598. The van der Waals surface area contributed by atoms with Crippen molar-refractivity contribution in [1.82, 2.24) is 30.0 Å². The van der Waals surface area contributed by atoms with Crippen molar-refractivity contribution >= 4 is 39.8 Å². The summed E-state index contributed by atoms with van der Waals surface area (Å²) >= 11 is 7.23. The Balaban J connectivity index is 1.11. The molecule has 0 bridgehead atoms. The molecule has 2 fully saturated rings. The number of nitrogens with one attached hydrogen (secondary N) is 2. The number of carbonyl (C=O) groups is 1. The van der Waals surface area contributed by atoms with E-state index in [1.807, 2.05) is 56.3 Å². The summed E-state index contributed by atoms with van der Waals surface area (Å²) < 4.78 is 13.1. The average Bonchev–Trinajstić information content (AvgIpc) is 3.50. The molecule has 3 aliphatic rings. The van der Waals surface area contributed by atoms with Crippen LogP contribution < -0.4 is 20.9 Å². The van der Waals surface area contributed by atoms with Gasteiger partial charge in [-0.3, -0.25) is 14.5 Å². The normalized spacial score (nSPS) is 18.3. The zero-order valence-electron chi connectivity index (χ0n) is 27.8. The van der Waals surface area contributed by atoms with Gasteiger partial charge in [0.2, 0.25) is 11.8 Å². The molecule has 1 amide bonds. The van der Waals surface area contributed by atoms with Crippen molar-refractivity contribution in [2.75, 3.05) is 38.7 Å². The van der Waals surface area contributed by atoms with E-state index in [0.717, 1.165) is 76.2 Å². The predicted octanol–water partition coefficient (Wildman–Crippen LogP) is 5.27. The van der Waals surface area contributed by atoms with E-state index in [0.29, 0.717) is 28.7 Å². The quantitative estimate of drug-likeness (QED) is 0.248. The molecular weight excluding hydrogens is 642 g/mol. The van der Waals surface area contributed by atoms with Crippen molar-refractivity contribution in [2.24, 2.45) is 7.05 Å². The molecular formula is C37H36ClN7O4. The van der Waals surface area contributed by atoms with Gasteiger partial charge in [-0.2, -0.15) is 5.10 Å². The number of hydrogen-bond donors (Lipinski definition) is 2. The molecule has 3 aromatic heterocycles. The number of anilines is 2. The van der Waals surface area contributed by atoms with Gasteiger partial charge in [-0.25, -0.2) is 14.6 Å². The fraction of sp³-hybridized carbons (Fsp3) is 0.324. The molecule has 5 aromatic rings. The number of fused-ring (bicyclic) bond motifs is 2. The minimum Gasteiger partial charge on any atom is -0.481 e. The number of methoxy groups -OCH3 is 1. The molecule has 2 N–H and O–H groups in total. The summed E-state index contributed by atoms with van der Waals surface area (Å²) in [6.07, 6.45) is 3.54. The first kappa shape index (κ1) is 31.4. The highest BCUT2D eigenvalue weighted by atomic mass is 35.5. The number of benzene rings is 2. The van der Waals surface area contributed by atoms with Gasteiger partial charge < -0.3 is 20.1 Å². The Morgan fingerprint density at radius 2 is 1.84 bits per heavy atom. The Hall–Kier alpha value is -4.84. The molecule has 1 spiro atoms. The van der Waals surface area contributed by atoms with Crippen LogP contribution in [0.25, 0.3) is 33.2 Å². The number of halogens is 1. The predicted molar refractivity (Wildman–Crippen MR) is 189 cm³/mol. The number of pyridine rings is 2. The van der Waals surface area contributed by atoms with Gasteiger partial charge in [0.15, 0.2) is 0 Å². The molecule has 1 atom stereocenters. The number of amides is 1. The topological polar surface area (TPSA) is 124 Å². The highest BCUT2D eigenvalue weighted by Gasteiger charge is 2.50. The first-order valence-electron chi connectivity index (χ1n) is 16.4. The Morgan fingerprint density at radius 1 is 1.06 bits per heavy atom. The summed E-state index contributed by atoms with van der Waals surface area (Å²) in [7, 11) is 3.30. The summed E-state index contributed by atoms with van der Waals surface area (Å²) in [5.41, 5.74) is 7.73. The summed E-state index contributed by atoms with van der Waals surface area (Å²) in [5.74, 6) is 1.03. The third-order valence-corrected chi connectivity index (χ3v) is 10.5. The number of ether oxygens (including phenoxy) is 2. The molecule has 2 aromatic carbocycles. The number of aromatic nitrogens is 4. The minimum atomic E-state index is -0.310. The molecule has 5 heterocycles. The van der Waals surface area contributed by atoms with Crippen LogP contribution in [0.2, 0.25) is 5.02 Å². The van der Waals surface area contributed by atoms with Crippen molar-refractivity contribution in [3.63, 3.8) is 0 Å². The van der Waals surface area contributed by atoms with Crippen LogP contribution in [-0.2, 0) is 23.0 Å². The van der Waals surface area contributed by atoms with E-state index in [1.165, 1.54) is 10.2 Å². The van der Waals surface area contributed by atoms with Crippen molar-refractivity contribution in [1.29, 1.82) is 0 Å². The first-order valence-corrected chi connectivity index (χ1v) is 16.7. The largest absolute Gasteiger partial charge is 0.481 e. The number of likely N-dealkylation sites (tertiary alicyclic amines) is 1. The number of carbonyl (C=O) groups excluding carboxylic acids is 1. The number of hydrogen-bond acceptors (Lipinski definition) is 9. The van der Waals surface area contributed by atoms with E-state index in [4.69, 9.17) is 26.1 Å². The standard InChI is InChI=1S/C37H36ClN7O4/c1-20-13-23-15-40-44(3)36(47)32(23)34(41-20)42-27-10-6-7-24(21(27)2)25-8-5-9-26(33(25)38)28-14-22-11-12-29(31(22)35(43-28)48-4)45-18-37(19-45)17-39-30(46)16-49-37/h5-10,13-15,29H,11-12,16-19H2,1-4H3,(H,39,46)(H,41,42). The van der Waals surface area contributed by atoms with Crippen molar-refractivity contribution < 1.29 is 14.3 Å². The van der Waals surface area contributed by atoms with Gasteiger partial charge in [0, 0.05) is 66.2 Å². The highest BCUT2D eigenvalue weighted by molar-refractivity contribution is 6.36. The average molecular weight is 678 g/mol. The second-order valence-corrected chi connectivity index (χ2v) is 13.6. The summed E-state index contributed by atoms with van der Waals surface area (Å²) in [4.78, 5) is 36.8. The summed E-state index contributed by atoms with van der Waals surface area (Å²) in [6.45, 7) is 6.10. The second-order valence-electron chi connectivity index (χ2n) is 13.2. The maximum Gasteiger partial charge on any atom is 0.278 e. The molecule has 250 valence electrons. The Morgan fingerprint density at radius 3 is 2.61 bits per heavy atom. The van der Waals surface area contributed by atoms with Crippen LogP contribution in [0, 0.1) is 13.8 Å². The van der Waals surface area contributed by atoms with Crippen molar-refractivity contribution in [3.05, 3.63) is 92.5 Å². The molecule has 12 heteroatoms. The van der Waals surface area contributed by atoms with E-state index < -0.39 is 0 Å². The lowest BCUT2D eigenvalue weighted by Crippen LogP contribution is -2.70. The van der Waals surface area contributed by atoms with Gasteiger partial charge in [-0.1, -0.05) is 41.9 Å². The van der Waals surface area contributed by atoms with Crippen LogP contribution in [-0.4, -0.2) is 69.5 Å². The lowest BCUT2D eigenvalue weighted by molar-refractivity contribution is -0.179. The number of aryl methyl sites for hydroxylation is 3. The molecule has 8 rings (SSSR count). The zero-order valence-corrected chi connectivity index (χ0v) is 28.5. The Labute approximate surface area is 288 Å². The maximum absolute atomic E-state index is 13.1. The van der Waals surface area contributed by atoms with Gasteiger partial charge in [0.05, 0.1) is 29.4 Å². The van der Waals surface area contributed by atoms with Gasteiger partial charge in [0.1, 0.15) is 18.0 Å². The fourth-order valence-corrected chi connectivity index (χ4v) is 7.87. The van der Waals surface area contributed by atoms with Gasteiger partial charge in [0.25, 0.3) is 5.56 Å². The molecule has 0 saturated carbocycles. The summed E-state index contributed by atoms with van der Waals surface area (Å²) in [5, 5.41) is 12.4. The van der Waals surface area contributed by atoms with Crippen LogP contribution >= 0.6 is 11.6 Å². The van der Waals surface area contributed by atoms with E-state index in [-0.39, 0.29) is 29.7 Å². The first-order chi connectivity index (χ1) is 23.6. The smallest absolute Gasteiger partial charge is 0.278 e. The number of nitrogens with zero attached hydrogens (tertiary/aromatic N) is 5. The molecule has 1 aliphatic carbocycles. The van der Waals surface area contributed by atoms with Crippen LogP contribution in [0.4, 0.5) is 11.5 Å². The molecule has 2 saturated heterocycles. The molecule has 0 radical (unpaired) electrons. The lowest BCUT2D eigenvalue weighted by Gasteiger charge is -2.53. The van der Waals surface area contributed by atoms with Gasteiger partial charge >= 0.3 is 0 Å². The molecule has 11 nitrogen and oxygen atoms in total. The van der Waals surface area contributed by atoms with Crippen molar-refractivity contribution in [2.45, 2.75) is 38.3 Å². The van der Waals surface area contributed by atoms with Gasteiger partial charge in [-0.05, 0) is 61.6 Å². The lowest BCUT2D eigenvalue weighted by atomic mass is 9.89. The maximum atomic E-state index is 13.1. The summed E-state index contributed by atoms with van der Waals surface area (Å²) in [6, 6.07) is 16.2. The monoisotopic (exact) mass is 677 g/mol. The van der Waals surface area contributed by atoms with E-state index in [9.17, 15) is 9.59 Å². The number of morpholine rings is 1. The molecule has 2 aliphatic heterocycles. The van der Waals surface area contributed by atoms with Crippen LogP contribution in [0.15, 0.2) is 59.5 Å². The SMILES string of the molecule is COc1nc(-c2cccc(-c3cccc(Nc4nc(C)cc5cnn(C)c(=O)c45)c3C)c2Cl)cc2c1C(N1CC3(CNC(=O)CO3)C1)CC2. The fourth-order valence-electron chi connectivity index (χ4n) is 7.55. The number of rotatable bonds is 6. The third-order valence-electron chi connectivity index (χ3n) is 10.1. The second kappa shape index (κ2) is 11.9. The highest BCUT2D eigenvalue weighted by Crippen LogP contribution is 2.47. The zero-order chi connectivity index (χ0) is 34.0. The molecule has 1 unspecified atom stereocenters. The Bertz CT molecular complexity index is 2220. The van der Waals surface area contributed by atoms with E-state index in [2.05, 4.69) is 31.7 Å². The van der Waals surface area contributed by atoms with E-state index >= 15 is 0 Å². The molecule has 49 heavy (non-hydrogen) atoms. The van der Waals surface area contributed by atoms with Crippen LogP contribution in [0.1, 0.15) is 34.8 Å². The van der Waals surface area contributed by atoms with Gasteiger partial charge in [-0.15, -0.1) is 0 Å².